The summed E-state index contributed by atoms with van der Waals surface area (Å²) in [6.45, 7) is 4.27. The molecule has 1 aliphatic heterocycles. The van der Waals surface area contributed by atoms with E-state index >= 15 is 0 Å². The second-order valence-electron chi connectivity index (χ2n) is 8.08. The van der Waals surface area contributed by atoms with Gasteiger partial charge in [0.05, 0.1) is 31.0 Å². The Labute approximate surface area is 212 Å². The Bertz CT molecular complexity index is 1320. The molecule has 1 fully saturated rings. The number of ketones is 1. The van der Waals surface area contributed by atoms with Gasteiger partial charge in [-0.1, -0.05) is 30.7 Å². The standard InChI is InChI=1S/C26H25N3O6S/c1-4-5-13-35-18-10-8-16(9-11-18)21(30)19-20(17-7-6-12-27-14-17)29(24(32)22(19)31)26-28-15(2)23(36-26)25(33)34-3/h6-12,14,20,30H,4-5,13H2,1-3H3/b21-19+/t20-/m0/s1. The van der Waals surface area contributed by atoms with E-state index in [2.05, 4.69) is 16.9 Å². The number of ether oxygens (including phenoxy) is 2. The molecule has 10 heteroatoms. The fourth-order valence-electron chi connectivity index (χ4n) is 3.85. The molecular weight excluding hydrogens is 482 g/mol. The SMILES string of the molecule is CCCCOc1ccc(/C(O)=C2\C(=O)C(=O)N(c3nc(C)c(C(=O)OC)s3)[C@H]2c2cccnc2)cc1. The van der Waals surface area contributed by atoms with Crippen LogP contribution in [0.4, 0.5) is 5.13 Å². The number of hydrogen-bond donors (Lipinski definition) is 1. The van der Waals surface area contributed by atoms with Crippen molar-refractivity contribution in [2.24, 2.45) is 0 Å². The fraction of sp³-hybridized carbons (Fsp3) is 0.269. The van der Waals surface area contributed by atoms with Crippen LogP contribution in [0, 0.1) is 6.92 Å². The predicted molar refractivity (Wildman–Crippen MR) is 134 cm³/mol. The average molecular weight is 508 g/mol. The normalized spacial score (nSPS) is 16.9. The van der Waals surface area contributed by atoms with E-state index in [1.165, 1.54) is 18.2 Å². The van der Waals surface area contributed by atoms with Crippen molar-refractivity contribution in [3.05, 3.63) is 76.1 Å². The van der Waals surface area contributed by atoms with Crippen LogP contribution in [-0.4, -0.2) is 46.5 Å². The first kappa shape index (κ1) is 25.1. The zero-order valence-electron chi connectivity index (χ0n) is 20.1. The number of amides is 1. The number of Topliss-reactive ketones (excluding diaryl/α,β-unsaturated/α-hetero) is 1. The molecule has 4 rings (SSSR count). The average Bonchev–Trinajstić information content (AvgIpc) is 3.40. The highest BCUT2D eigenvalue weighted by molar-refractivity contribution is 7.17. The molecule has 1 N–H and O–H groups in total. The van der Waals surface area contributed by atoms with E-state index < -0.39 is 23.7 Å². The monoisotopic (exact) mass is 507 g/mol. The number of anilines is 1. The lowest BCUT2D eigenvalue weighted by atomic mass is 9.96. The molecule has 0 aliphatic carbocycles. The number of pyridine rings is 1. The van der Waals surface area contributed by atoms with Crippen molar-refractivity contribution in [2.75, 3.05) is 18.6 Å². The number of unbranched alkanes of at least 4 members (excludes halogenated alkanes) is 1. The summed E-state index contributed by atoms with van der Waals surface area (Å²) in [7, 11) is 1.25. The fourth-order valence-corrected chi connectivity index (χ4v) is 4.86. The van der Waals surface area contributed by atoms with Gasteiger partial charge in [-0.25, -0.2) is 9.78 Å². The van der Waals surface area contributed by atoms with Gasteiger partial charge in [-0.15, -0.1) is 0 Å². The number of aliphatic hydroxyl groups excluding tert-OH is 1. The molecule has 0 radical (unpaired) electrons. The molecule has 1 amide bonds. The van der Waals surface area contributed by atoms with Gasteiger partial charge in [-0.2, -0.15) is 0 Å². The van der Waals surface area contributed by atoms with Gasteiger partial charge in [-0.3, -0.25) is 19.5 Å². The van der Waals surface area contributed by atoms with Crippen molar-refractivity contribution < 1.29 is 29.0 Å². The van der Waals surface area contributed by atoms with Crippen LogP contribution in [0.5, 0.6) is 5.75 Å². The van der Waals surface area contributed by atoms with Crippen LogP contribution in [0.25, 0.3) is 5.76 Å². The van der Waals surface area contributed by atoms with Crippen LogP contribution in [0.2, 0.25) is 0 Å². The van der Waals surface area contributed by atoms with Crippen molar-refractivity contribution in [3.63, 3.8) is 0 Å². The number of nitrogens with zero attached hydrogens (tertiary/aromatic N) is 3. The van der Waals surface area contributed by atoms with E-state index in [-0.39, 0.29) is 21.3 Å². The summed E-state index contributed by atoms with van der Waals surface area (Å²) in [4.78, 5) is 48.5. The third-order valence-corrected chi connectivity index (χ3v) is 6.84. The second-order valence-corrected chi connectivity index (χ2v) is 9.06. The second kappa shape index (κ2) is 10.7. The van der Waals surface area contributed by atoms with Gasteiger partial charge >= 0.3 is 11.9 Å². The Hall–Kier alpha value is -4.05. The van der Waals surface area contributed by atoms with Crippen molar-refractivity contribution in [1.82, 2.24) is 9.97 Å². The lowest BCUT2D eigenvalue weighted by Gasteiger charge is -2.22. The van der Waals surface area contributed by atoms with Gasteiger partial charge in [0.25, 0.3) is 5.78 Å². The molecular formula is C26H25N3O6S. The van der Waals surface area contributed by atoms with Gasteiger partial charge in [0.15, 0.2) is 5.13 Å². The molecule has 0 saturated carbocycles. The first-order valence-electron chi connectivity index (χ1n) is 11.4. The summed E-state index contributed by atoms with van der Waals surface area (Å²) in [5.74, 6) is -2.01. The number of benzene rings is 1. The third-order valence-electron chi connectivity index (χ3n) is 5.70. The molecule has 3 heterocycles. The van der Waals surface area contributed by atoms with Crippen LogP contribution in [-0.2, 0) is 14.3 Å². The molecule has 1 aromatic carbocycles. The Balaban J connectivity index is 1.80. The van der Waals surface area contributed by atoms with Gasteiger partial charge in [-0.05, 0) is 49.2 Å². The van der Waals surface area contributed by atoms with Gasteiger partial charge < -0.3 is 14.6 Å². The van der Waals surface area contributed by atoms with E-state index in [1.54, 1.807) is 49.5 Å². The maximum atomic E-state index is 13.2. The summed E-state index contributed by atoms with van der Waals surface area (Å²) >= 11 is 0.941. The summed E-state index contributed by atoms with van der Waals surface area (Å²) < 4.78 is 10.5. The van der Waals surface area contributed by atoms with E-state index in [9.17, 15) is 19.5 Å². The quantitative estimate of drug-likeness (QED) is 0.156. The number of thiazole rings is 1. The van der Waals surface area contributed by atoms with Gasteiger partial charge in [0, 0.05) is 18.0 Å². The number of aromatic nitrogens is 2. The Morgan fingerprint density at radius 1 is 1.19 bits per heavy atom. The highest BCUT2D eigenvalue weighted by Gasteiger charge is 2.48. The molecule has 1 atom stereocenters. The minimum Gasteiger partial charge on any atom is -0.507 e. The zero-order chi connectivity index (χ0) is 25.8. The zero-order valence-corrected chi connectivity index (χ0v) is 20.9. The van der Waals surface area contributed by atoms with Crippen LogP contribution in [0.3, 0.4) is 0 Å². The minimum atomic E-state index is -0.991. The maximum absolute atomic E-state index is 13.2. The number of aliphatic hydroxyl groups is 1. The maximum Gasteiger partial charge on any atom is 0.350 e. The summed E-state index contributed by atoms with van der Waals surface area (Å²) in [5, 5.41) is 11.4. The molecule has 1 saturated heterocycles. The van der Waals surface area contributed by atoms with E-state index in [4.69, 9.17) is 9.47 Å². The first-order valence-corrected chi connectivity index (χ1v) is 12.2. The number of hydrogen-bond acceptors (Lipinski definition) is 9. The number of carbonyl (C=O) groups is 3. The lowest BCUT2D eigenvalue weighted by molar-refractivity contribution is -0.132. The van der Waals surface area contributed by atoms with Crippen LogP contribution >= 0.6 is 11.3 Å². The van der Waals surface area contributed by atoms with Crippen LogP contribution in [0.1, 0.15) is 52.3 Å². The minimum absolute atomic E-state index is 0.0971. The molecule has 3 aromatic rings. The Morgan fingerprint density at radius 2 is 1.94 bits per heavy atom. The molecule has 1 aliphatic rings. The van der Waals surface area contributed by atoms with Gasteiger partial charge in [0.1, 0.15) is 16.4 Å². The summed E-state index contributed by atoms with van der Waals surface area (Å²) in [6, 6.07) is 9.05. The topological polar surface area (TPSA) is 119 Å². The molecule has 36 heavy (non-hydrogen) atoms. The van der Waals surface area contributed by atoms with Crippen molar-refractivity contribution >= 4 is 39.9 Å². The van der Waals surface area contributed by atoms with E-state index in [0.29, 0.717) is 29.2 Å². The molecule has 0 unspecified atom stereocenters. The smallest absolute Gasteiger partial charge is 0.350 e. The highest BCUT2D eigenvalue weighted by atomic mass is 32.1. The number of rotatable bonds is 8. The van der Waals surface area contributed by atoms with E-state index in [0.717, 1.165) is 24.2 Å². The number of esters is 1. The molecule has 186 valence electrons. The highest BCUT2D eigenvalue weighted by Crippen LogP contribution is 2.43. The third kappa shape index (κ3) is 4.72. The Kier molecular flexibility index (Phi) is 7.44. The van der Waals surface area contributed by atoms with Crippen molar-refractivity contribution in [2.45, 2.75) is 32.7 Å². The molecule has 2 aromatic heterocycles. The summed E-state index contributed by atoms with van der Waals surface area (Å²) in [6.07, 6.45) is 5.01. The summed E-state index contributed by atoms with van der Waals surface area (Å²) in [5.41, 5.74) is 1.13. The Morgan fingerprint density at radius 3 is 2.58 bits per heavy atom. The number of aryl methyl sites for hydroxylation is 1. The van der Waals surface area contributed by atoms with Gasteiger partial charge in [0.2, 0.25) is 0 Å². The number of methoxy groups -OCH3 is 1. The van der Waals surface area contributed by atoms with Crippen LogP contribution < -0.4 is 9.64 Å². The van der Waals surface area contributed by atoms with Crippen molar-refractivity contribution in [1.29, 1.82) is 0 Å². The lowest BCUT2D eigenvalue weighted by Crippen LogP contribution is -2.29. The van der Waals surface area contributed by atoms with Crippen molar-refractivity contribution in [3.8, 4) is 5.75 Å². The molecule has 0 spiro atoms. The molecule has 9 nitrogen and oxygen atoms in total. The largest absolute Gasteiger partial charge is 0.507 e. The van der Waals surface area contributed by atoms with E-state index in [1.807, 2.05) is 0 Å². The predicted octanol–water partition coefficient (Wildman–Crippen LogP) is 4.44. The first-order chi connectivity index (χ1) is 17.4. The number of carbonyl (C=O) groups excluding carboxylic acids is 3. The molecule has 0 bridgehead atoms. The van der Waals surface area contributed by atoms with Crippen LogP contribution in [0.15, 0.2) is 54.4 Å².